The molecule has 1 saturated heterocycles. The smallest absolute Gasteiger partial charge is 0.336 e. The summed E-state index contributed by atoms with van der Waals surface area (Å²) in [7, 11) is 0. The molecule has 7 N–H and O–H groups in total. The first-order chi connectivity index (χ1) is 21.2. The van der Waals surface area contributed by atoms with Crippen LogP contribution in [0.3, 0.4) is 0 Å². The lowest BCUT2D eigenvalue weighted by Crippen LogP contribution is -2.59. The highest BCUT2D eigenvalue weighted by molar-refractivity contribution is 5.90. The third-order valence-corrected chi connectivity index (χ3v) is 13.3. The summed E-state index contributed by atoms with van der Waals surface area (Å²) < 4.78 is 17.1. The van der Waals surface area contributed by atoms with Crippen molar-refractivity contribution in [2.45, 2.75) is 128 Å². The average Bonchev–Trinajstić information content (AvgIpc) is 3.34. The van der Waals surface area contributed by atoms with Crippen molar-refractivity contribution in [1.82, 2.24) is 0 Å². The molecule has 0 radical (unpaired) electrons. The Hall–Kier alpha value is -1.41. The topological polar surface area (TPSA) is 186 Å². The minimum absolute atomic E-state index is 0.0290. The van der Waals surface area contributed by atoms with Gasteiger partial charge in [0.05, 0.1) is 37.1 Å². The van der Waals surface area contributed by atoms with E-state index in [1.807, 2.05) is 13.0 Å². The number of aliphatic hydroxyl groups is 7. The fraction of sp³-hybridized carbons (Fsp3) is 0.853. The first-order valence-corrected chi connectivity index (χ1v) is 16.8. The number of hydrogen-bond acceptors (Lipinski definition) is 11. The van der Waals surface area contributed by atoms with E-state index in [9.17, 15) is 40.5 Å². The molecule has 16 atom stereocenters. The molecular weight excluding hydrogens is 584 g/mol. The Morgan fingerprint density at radius 1 is 1.00 bits per heavy atom. The van der Waals surface area contributed by atoms with Crippen molar-refractivity contribution in [3.63, 3.8) is 0 Å². The van der Waals surface area contributed by atoms with Crippen molar-refractivity contribution >= 4 is 5.97 Å². The molecule has 0 spiro atoms. The maximum atomic E-state index is 13.3. The first-order valence-electron chi connectivity index (χ1n) is 16.8. The maximum absolute atomic E-state index is 13.3. The zero-order valence-electron chi connectivity index (χ0n) is 26.8. The molecule has 254 valence electrons. The molecule has 0 unspecified atom stereocenters. The number of rotatable bonds is 6. The highest BCUT2D eigenvalue weighted by Gasteiger charge is 2.63. The Morgan fingerprint density at radius 3 is 2.42 bits per heavy atom. The third kappa shape index (κ3) is 5.34. The largest absolute Gasteiger partial charge is 0.458 e. The molecule has 0 amide bonds. The highest BCUT2D eigenvalue weighted by Crippen LogP contribution is 2.67. The van der Waals surface area contributed by atoms with E-state index in [4.69, 9.17) is 14.2 Å². The van der Waals surface area contributed by atoms with Gasteiger partial charge in [-0.05, 0) is 74.0 Å². The SMILES string of the molecule is CC1=C(CO[C@@H]2O[C@H](CO)[C@@H](O)[C@H](O)[C@H]2O)C(=O)O[C@@H]([C@@H](C)[C@H]2CC[C@H]3[C@@H]4[C@@H](O)C=C5C[C@@H](O)C[C@H](O)[C@]5(C)[C@H]4CC[C@]23C)C1. The van der Waals surface area contributed by atoms with E-state index in [0.29, 0.717) is 24.8 Å². The van der Waals surface area contributed by atoms with E-state index < -0.39 is 67.0 Å². The maximum Gasteiger partial charge on any atom is 0.336 e. The molecule has 0 aromatic carbocycles. The van der Waals surface area contributed by atoms with Crippen molar-refractivity contribution in [2.24, 2.45) is 40.4 Å². The summed E-state index contributed by atoms with van der Waals surface area (Å²) in [6.07, 6.45) is -2.08. The number of esters is 1. The number of cyclic esters (lactones) is 1. The molecule has 6 aliphatic rings. The van der Waals surface area contributed by atoms with E-state index in [0.717, 1.165) is 36.8 Å². The number of ether oxygens (including phenoxy) is 3. The Kier molecular flexibility index (Phi) is 9.11. The van der Waals surface area contributed by atoms with E-state index >= 15 is 0 Å². The van der Waals surface area contributed by atoms with Crippen molar-refractivity contribution in [3.05, 3.63) is 22.8 Å². The van der Waals surface area contributed by atoms with Gasteiger partial charge in [-0.25, -0.2) is 4.79 Å². The van der Waals surface area contributed by atoms with Crippen LogP contribution in [0.1, 0.15) is 72.6 Å². The fourth-order valence-corrected chi connectivity index (χ4v) is 10.6. The van der Waals surface area contributed by atoms with Crippen molar-refractivity contribution in [1.29, 1.82) is 0 Å². The summed E-state index contributed by atoms with van der Waals surface area (Å²) in [5, 5.41) is 72.9. The van der Waals surface area contributed by atoms with Gasteiger partial charge in [-0.15, -0.1) is 0 Å². The quantitative estimate of drug-likeness (QED) is 0.163. The lowest BCUT2D eigenvalue weighted by Gasteiger charge is -2.60. The minimum atomic E-state index is -1.57. The second-order valence-corrected chi connectivity index (χ2v) is 15.4. The van der Waals surface area contributed by atoms with E-state index in [-0.39, 0.29) is 47.7 Å². The normalized spacial score (nSPS) is 50.7. The Labute approximate surface area is 264 Å². The number of carbonyl (C=O) groups excluding carboxylic acids is 1. The van der Waals surface area contributed by atoms with E-state index in [1.165, 1.54) is 0 Å². The number of aliphatic hydroxyl groups excluding tert-OH is 7. The number of hydrogen-bond donors (Lipinski definition) is 7. The van der Waals surface area contributed by atoms with Gasteiger partial charge < -0.3 is 50.0 Å². The summed E-state index contributed by atoms with van der Waals surface area (Å²) in [5.41, 5.74) is 1.64. The van der Waals surface area contributed by atoms with Crippen LogP contribution in [0.2, 0.25) is 0 Å². The minimum Gasteiger partial charge on any atom is -0.458 e. The van der Waals surface area contributed by atoms with Crippen LogP contribution in [-0.4, -0.2) is 110 Å². The third-order valence-electron chi connectivity index (χ3n) is 13.3. The lowest BCUT2D eigenvalue weighted by molar-refractivity contribution is -0.299. The molecule has 11 heteroatoms. The van der Waals surface area contributed by atoms with Gasteiger partial charge in [-0.2, -0.15) is 0 Å². The summed E-state index contributed by atoms with van der Waals surface area (Å²) in [4.78, 5) is 13.3. The predicted octanol–water partition coefficient (Wildman–Crippen LogP) is 0.953. The molecule has 4 fully saturated rings. The summed E-state index contributed by atoms with van der Waals surface area (Å²) >= 11 is 0. The summed E-state index contributed by atoms with van der Waals surface area (Å²) in [6.45, 7) is 7.71. The second-order valence-electron chi connectivity index (χ2n) is 15.4. The van der Waals surface area contributed by atoms with Crippen LogP contribution < -0.4 is 0 Å². The lowest BCUT2D eigenvalue weighted by atomic mass is 9.45. The molecule has 11 nitrogen and oxygen atoms in total. The molecule has 0 aromatic heterocycles. The Balaban J connectivity index is 1.14. The summed E-state index contributed by atoms with van der Waals surface area (Å²) in [5.74, 6) is 0.300. The molecule has 0 bridgehead atoms. The first kappa shape index (κ1) is 33.5. The second kappa shape index (κ2) is 12.2. The fourth-order valence-electron chi connectivity index (χ4n) is 10.6. The standard InChI is InChI=1S/C34H52O11/c1-15-9-24(44-31(42)19(15)14-43-32-30(41)29(40)28(39)25(13-35)45-32)16(2)20-5-6-21-27-22(7-8-33(20,21)3)34(4)17(11-23(27)37)10-18(36)12-26(34)38/h11,16,18,20-30,32,35-41H,5-10,12-14H2,1-4H3/t16-,18+,20+,21-,22-,23-,24+,25+,26-,27-,28+,29-,30+,32+,33+,34-/m0/s1. The van der Waals surface area contributed by atoms with E-state index in [2.05, 4.69) is 20.8 Å². The van der Waals surface area contributed by atoms with Gasteiger partial charge in [-0.3, -0.25) is 0 Å². The van der Waals surface area contributed by atoms with Crippen LogP contribution >= 0.6 is 0 Å². The van der Waals surface area contributed by atoms with Gasteiger partial charge in [-0.1, -0.05) is 38.0 Å². The Bertz CT molecular complexity index is 1200. The van der Waals surface area contributed by atoms with Gasteiger partial charge in [0, 0.05) is 18.3 Å². The molecule has 2 aliphatic heterocycles. The van der Waals surface area contributed by atoms with Crippen LogP contribution in [0, 0.1) is 40.4 Å². The molecule has 3 saturated carbocycles. The molecule has 45 heavy (non-hydrogen) atoms. The summed E-state index contributed by atoms with van der Waals surface area (Å²) in [6, 6.07) is 0. The van der Waals surface area contributed by atoms with Crippen molar-refractivity contribution in [3.8, 4) is 0 Å². The van der Waals surface area contributed by atoms with Crippen molar-refractivity contribution < 1.29 is 54.8 Å². The van der Waals surface area contributed by atoms with Gasteiger partial charge >= 0.3 is 5.97 Å². The van der Waals surface area contributed by atoms with Crippen LogP contribution in [0.4, 0.5) is 0 Å². The molecule has 2 heterocycles. The zero-order chi connectivity index (χ0) is 32.6. The highest BCUT2D eigenvalue weighted by atomic mass is 16.7. The van der Waals surface area contributed by atoms with Crippen LogP contribution in [0.15, 0.2) is 22.8 Å². The molecule has 0 aromatic rings. The van der Waals surface area contributed by atoms with E-state index in [1.54, 1.807) is 0 Å². The van der Waals surface area contributed by atoms with Gasteiger partial charge in [0.2, 0.25) is 0 Å². The van der Waals surface area contributed by atoms with Crippen LogP contribution in [0.25, 0.3) is 0 Å². The zero-order valence-corrected chi connectivity index (χ0v) is 26.8. The van der Waals surface area contributed by atoms with Gasteiger partial charge in [0.1, 0.15) is 30.5 Å². The Morgan fingerprint density at radius 2 is 1.73 bits per heavy atom. The van der Waals surface area contributed by atoms with Gasteiger partial charge in [0.25, 0.3) is 0 Å². The molecule has 6 rings (SSSR count). The van der Waals surface area contributed by atoms with Gasteiger partial charge in [0.15, 0.2) is 6.29 Å². The molecule has 4 aliphatic carbocycles. The predicted molar refractivity (Wildman–Crippen MR) is 160 cm³/mol. The van der Waals surface area contributed by atoms with Crippen LogP contribution in [0.5, 0.6) is 0 Å². The number of carbonyl (C=O) groups is 1. The molecular formula is C34H52O11. The van der Waals surface area contributed by atoms with Crippen LogP contribution in [-0.2, 0) is 19.0 Å². The van der Waals surface area contributed by atoms with Crippen molar-refractivity contribution in [2.75, 3.05) is 13.2 Å². The monoisotopic (exact) mass is 636 g/mol. The number of fused-ring (bicyclic) bond motifs is 5. The average molecular weight is 637 g/mol.